The van der Waals surface area contributed by atoms with Crippen LogP contribution in [0.4, 0.5) is 4.39 Å². The van der Waals surface area contributed by atoms with Crippen molar-refractivity contribution in [2.24, 2.45) is 0 Å². The highest BCUT2D eigenvalue weighted by molar-refractivity contribution is 5.81. The van der Waals surface area contributed by atoms with Crippen LogP contribution in [-0.4, -0.2) is 37.2 Å². The minimum atomic E-state index is -0.374. The zero-order valence-corrected chi connectivity index (χ0v) is 11.4. The van der Waals surface area contributed by atoms with Crippen molar-refractivity contribution in [1.29, 1.82) is 0 Å². The van der Waals surface area contributed by atoms with Crippen LogP contribution in [0.15, 0.2) is 18.3 Å². The molecule has 2 N–H and O–H groups in total. The van der Waals surface area contributed by atoms with E-state index >= 15 is 0 Å². The van der Waals surface area contributed by atoms with Gasteiger partial charge >= 0.3 is 0 Å². The number of amides is 1. The number of carbonyl (C=O) groups excluding carboxylic acids is 1. The van der Waals surface area contributed by atoms with Gasteiger partial charge in [0.1, 0.15) is 5.82 Å². The summed E-state index contributed by atoms with van der Waals surface area (Å²) in [6.07, 6.45) is 1.16. The van der Waals surface area contributed by atoms with Gasteiger partial charge in [-0.3, -0.25) is 15.1 Å². The lowest BCUT2D eigenvalue weighted by Crippen LogP contribution is -2.44. The number of pyridine rings is 1. The molecule has 2 atom stereocenters. The second kappa shape index (κ2) is 7.81. The molecule has 1 aromatic rings. The molecule has 1 rings (SSSR count). The summed E-state index contributed by atoms with van der Waals surface area (Å²) < 4.78 is 17.6. The third kappa shape index (κ3) is 5.32. The number of methoxy groups -OCH3 is 1. The number of halogens is 1. The number of nitrogens with zero attached hydrogens (tertiary/aromatic N) is 1. The molecule has 106 valence electrons. The lowest BCUT2D eigenvalue weighted by Gasteiger charge is -2.19. The Bertz CT molecular complexity index is 397. The number of rotatable bonds is 7. The molecule has 0 saturated heterocycles. The SMILES string of the molecule is COCCNC(=O)C(C)NC(C)c1ccc(F)cn1. The van der Waals surface area contributed by atoms with Crippen LogP contribution in [0.1, 0.15) is 25.6 Å². The van der Waals surface area contributed by atoms with E-state index in [1.807, 2.05) is 6.92 Å². The Balaban J connectivity index is 2.44. The average molecular weight is 269 g/mol. The first-order valence-corrected chi connectivity index (χ1v) is 6.18. The van der Waals surface area contributed by atoms with Gasteiger partial charge in [0.15, 0.2) is 0 Å². The largest absolute Gasteiger partial charge is 0.383 e. The van der Waals surface area contributed by atoms with E-state index in [0.717, 1.165) is 6.20 Å². The van der Waals surface area contributed by atoms with E-state index in [-0.39, 0.29) is 23.8 Å². The molecule has 0 aliphatic rings. The molecule has 0 radical (unpaired) electrons. The summed E-state index contributed by atoms with van der Waals surface area (Å²) >= 11 is 0. The molecule has 0 saturated carbocycles. The molecule has 1 amide bonds. The number of nitrogens with one attached hydrogen (secondary N) is 2. The summed E-state index contributed by atoms with van der Waals surface area (Å²) in [4.78, 5) is 15.7. The van der Waals surface area contributed by atoms with E-state index < -0.39 is 0 Å². The molecule has 5 nitrogen and oxygen atoms in total. The maximum atomic E-state index is 12.8. The van der Waals surface area contributed by atoms with Crippen molar-refractivity contribution in [1.82, 2.24) is 15.6 Å². The fourth-order valence-corrected chi connectivity index (χ4v) is 1.61. The minimum absolute atomic E-state index is 0.106. The highest BCUT2D eigenvalue weighted by Crippen LogP contribution is 2.10. The zero-order valence-electron chi connectivity index (χ0n) is 11.4. The summed E-state index contributed by atoms with van der Waals surface area (Å²) in [5.41, 5.74) is 0.693. The average Bonchev–Trinajstić information content (AvgIpc) is 2.39. The van der Waals surface area contributed by atoms with Gasteiger partial charge in [-0.15, -0.1) is 0 Å². The Hall–Kier alpha value is -1.53. The number of hydrogen-bond acceptors (Lipinski definition) is 4. The van der Waals surface area contributed by atoms with Crippen molar-refractivity contribution in [2.45, 2.75) is 25.9 Å². The van der Waals surface area contributed by atoms with Crippen molar-refractivity contribution >= 4 is 5.91 Å². The molecule has 0 spiro atoms. The summed E-state index contributed by atoms with van der Waals surface area (Å²) in [5.74, 6) is -0.479. The van der Waals surface area contributed by atoms with Crippen LogP contribution in [0.3, 0.4) is 0 Å². The quantitative estimate of drug-likeness (QED) is 0.726. The minimum Gasteiger partial charge on any atom is -0.383 e. The standard InChI is InChI=1S/C13H20FN3O2/c1-9(12-5-4-11(14)8-16-12)17-10(2)13(18)15-6-7-19-3/h4-5,8-10,17H,6-7H2,1-3H3,(H,15,18). The fourth-order valence-electron chi connectivity index (χ4n) is 1.61. The van der Waals surface area contributed by atoms with Gasteiger partial charge in [-0.1, -0.05) is 0 Å². The van der Waals surface area contributed by atoms with Gasteiger partial charge in [0.25, 0.3) is 0 Å². The van der Waals surface area contributed by atoms with Crippen LogP contribution in [-0.2, 0) is 9.53 Å². The third-order valence-corrected chi connectivity index (χ3v) is 2.69. The van der Waals surface area contributed by atoms with Gasteiger partial charge in [0.05, 0.1) is 24.5 Å². The van der Waals surface area contributed by atoms with Gasteiger partial charge in [-0.25, -0.2) is 4.39 Å². The Morgan fingerprint density at radius 3 is 2.79 bits per heavy atom. The van der Waals surface area contributed by atoms with Crippen molar-refractivity contribution < 1.29 is 13.9 Å². The fraction of sp³-hybridized carbons (Fsp3) is 0.538. The second-order valence-electron chi connectivity index (χ2n) is 4.30. The summed E-state index contributed by atoms with van der Waals surface area (Å²) in [5, 5.41) is 5.85. The molecule has 0 bridgehead atoms. The van der Waals surface area contributed by atoms with Crippen molar-refractivity contribution in [3.05, 3.63) is 29.8 Å². The van der Waals surface area contributed by atoms with Gasteiger partial charge in [0.2, 0.25) is 5.91 Å². The number of ether oxygens (including phenoxy) is 1. The van der Waals surface area contributed by atoms with Crippen LogP contribution >= 0.6 is 0 Å². The van der Waals surface area contributed by atoms with E-state index in [9.17, 15) is 9.18 Å². The summed E-state index contributed by atoms with van der Waals surface area (Å²) in [6, 6.07) is 2.45. The Labute approximate surface area is 112 Å². The molecule has 0 aliphatic heterocycles. The van der Waals surface area contributed by atoms with Gasteiger partial charge in [-0.05, 0) is 26.0 Å². The molecule has 0 fully saturated rings. The Kier molecular flexibility index (Phi) is 6.38. The van der Waals surface area contributed by atoms with E-state index in [1.54, 1.807) is 20.1 Å². The van der Waals surface area contributed by atoms with E-state index in [1.165, 1.54) is 6.07 Å². The maximum Gasteiger partial charge on any atom is 0.236 e. The predicted molar refractivity (Wildman–Crippen MR) is 70.1 cm³/mol. The smallest absolute Gasteiger partial charge is 0.236 e. The molecular formula is C13H20FN3O2. The molecule has 2 unspecified atom stereocenters. The normalized spacial score (nSPS) is 13.9. The lowest BCUT2D eigenvalue weighted by molar-refractivity contribution is -0.123. The Morgan fingerprint density at radius 1 is 1.47 bits per heavy atom. The highest BCUT2D eigenvalue weighted by Gasteiger charge is 2.16. The van der Waals surface area contributed by atoms with Crippen LogP contribution in [0.5, 0.6) is 0 Å². The highest BCUT2D eigenvalue weighted by atomic mass is 19.1. The van der Waals surface area contributed by atoms with Gasteiger partial charge < -0.3 is 10.1 Å². The maximum absolute atomic E-state index is 12.8. The first-order valence-electron chi connectivity index (χ1n) is 6.18. The van der Waals surface area contributed by atoms with Crippen LogP contribution in [0, 0.1) is 5.82 Å². The number of hydrogen-bond donors (Lipinski definition) is 2. The van der Waals surface area contributed by atoms with Gasteiger partial charge in [-0.2, -0.15) is 0 Å². The molecular weight excluding hydrogens is 249 g/mol. The number of carbonyl (C=O) groups is 1. The molecule has 19 heavy (non-hydrogen) atoms. The number of aromatic nitrogens is 1. The third-order valence-electron chi connectivity index (χ3n) is 2.69. The van der Waals surface area contributed by atoms with Crippen molar-refractivity contribution in [2.75, 3.05) is 20.3 Å². The molecule has 1 aromatic heterocycles. The first kappa shape index (κ1) is 15.5. The van der Waals surface area contributed by atoms with Crippen LogP contribution in [0.2, 0.25) is 0 Å². The van der Waals surface area contributed by atoms with E-state index in [0.29, 0.717) is 18.8 Å². The van der Waals surface area contributed by atoms with Crippen LogP contribution in [0.25, 0.3) is 0 Å². The summed E-state index contributed by atoms with van der Waals surface area (Å²) in [7, 11) is 1.58. The molecule has 0 aliphatic carbocycles. The van der Waals surface area contributed by atoms with Gasteiger partial charge in [0, 0.05) is 19.7 Å². The summed E-state index contributed by atoms with van der Waals surface area (Å²) in [6.45, 7) is 4.60. The van der Waals surface area contributed by atoms with E-state index in [4.69, 9.17) is 4.74 Å². The first-order chi connectivity index (χ1) is 9.04. The molecule has 1 heterocycles. The predicted octanol–water partition coefficient (Wildman–Crippen LogP) is 1.02. The monoisotopic (exact) mass is 269 g/mol. The van der Waals surface area contributed by atoms with E-state index in [2.05, 4.69) is 15.6 Å². The van der Waals surface area contributed by atoms with Crippen LogP contribution < -0.4 is 10.6 Å². The lowest BCUT2D eigenvalue weighted by atomic mass is 10.2. The topological polar surface area (TPSA) is 63.2 Å². The Morgan fingerprint density at radius 2 is 2.21 bits per heavy atom. The zero-order chi connectivity index (χ0) is 14.3. The molecule has 6 heteroatoms. The van der Waals surface area contributed by atoms with Crippen molar-refractivity contribution in [3.8, 4) is 0 Å². The second-order valence-corrected chi connectivity index (χ2v) is 4.30. The molecule has 0 aromatic carbocycles. The van der Waals surface area contributed by atoms with Crippen molar-refractivity contribution in [3.63, 3.8) is 0 Å².